The number of carbonyl (C=O) groups is 1. The molecule has 29 heavy (non-hydrogen) atoms. The molecule has 0 fully saturated rings. The van der Waals surface area contributed by atoms with Crippen LogP contribution < -0.4 is 16.5 Å². The first-order chi connectivity index (χ1) is 14.0. The van der Waals surface area contributed by atoms with Crippen molar-refractivity contribution in [3.63, 3.8) is 0 Å². The second kappa shape index (κ2) is 8.08. The second-order valence-electron chi connectivity index (χ2n) is 7.07. The summed E-state index contributed by atoms with van der Waals surface area (Å²) in [6, 6.07) is 4.56. The summed E-state index contributed by atoms with van der Waals surface area (Å²) in [5.41, 5.74) is 8.29. The van der Waals surface area contributed by atoms with E-state index < -0.39 is 17.7 Å². The fourth-order valence-corrected chi connectivity index (χ4v) is 4.70. The van der Waals surface area contributed by atoms with Crippen molar-refractivity contribution >= 4 is 30.6 Å². The minimum atomic E-state index is -0.528. The molecule has 3 heterocycles. The Morgan fingerprint density at radius 2 is 2.21 bits per heavy atom. The zero-order valence-corrected chi connectivity index (χ0v) is 16.4. The predicted molar refractivity (Wildman–Crippen MR) is 110 cm³/mol. The number of hydrogen-bond acceptors (Lipinski definition) is 4. The molecule has 0 saturated carbocycles. The fourth-order valence-electron chi connectivity index (χ4n) is 3.60. The number of nitrogens with zero attached hydrogens (tertiary/aromatic N) is 2. The summed E-state index contributed by atoms with van der Waals surface area (Å²) in [6.45, 7) is 0.885. The van der Waals surface area contributed by atoms with Crippen LogP contribution in [0.1, 0.15) is 26.5 Å². The maximum atomic E-state index is 13.9. The molecule has 2 radical (unpaired) electrons. The molecule has 1 unspecified atom stereocenters. The number of fused-ring (bicyclic) bond motifs is 3. The van der Waals surface area contributed by atoms with E-state index in [1.54, 1.807) is 6.20 Å². The van der Waals surface area contributed by atoms with Gasteiger partial charge in [0.2, 0.25) is 0 Å². The standard InChI is InChI=1S/C20H19BF2N4OS/c21-15-10-25-27-5-1-2-17-14(19(15)27)8-18(29-17)20(28)26-13(9-24)7-11-6-12(22)3-4-16(11)23/h3-4,6,8,10,13H,1-2,5,7,9,24H2,(H,26,28). The molecule has 0 bridgehead atoms. The lowest BCUT2D eigenvalue weighted by Gasteiger charge is -2.17. The number of halogens is 2. The van der Waals surface area contributed by atoms with E-state index in [-0.39, 0.29) is 24.4 Å². The maximum Gasteiger partial charge on any atom is 0.261 e. The summed E-state index contributed by atoms with van der Waals surface area (Å²) >= 11 is 1.41. The molecule has 148 valence electrons. The molecule has 0 saturated heterocycles. The van der Waals surface area contributed by atoms with E-state index in [2.05, 4.69) is 10.4 Å². The molecule has 3 aromatic rings. The lowest BCUT2D eigenvalue weighted by molar-refractivity contribution is 0.0942. The number of nitrogens with two attached hydrogens (primary N) is 1. The van der Waals surface area contributed by atoms with E-state index in [9.17, 15) is 13.6 Å². The van der Waals surface area contributed by atoms with Crippen LogP contribution in [-0.2, 0) is 19.4 Å². The van der Waals surface area contributed by atoms with Crippen molar-refractivity contribution in [3.05, 3.63) is 57.4 Å². The van der Waals surface area contributed by atoms with Crippen LogP contribution in [0.4, 0.5) is 8.78 Å². The molecule has 1 aromatic carbocycles. The van der Waals surface area contributed by atoms with Gasteiger partial charge in [-0.2, -0.15) is 5.10 Å². The topological polar surface area (TPSA) is 72.9 Å². The van der Waals surface area contributed by atoms with Gasteiger partial charge in [0.15, 0.2) is 0 Å². The van der Waals surface area contributed by atoms with Gasteiger partial charge in [0, 0.05) is 35.8 Å². The Morgan fingerprint density at radius 3 is 3.00 bits per heavy atom. The quantitative estimate of drug-likeness (QED) is 0.630. The van der Waals surface area contributed by atoms with Gasteiger partial charge < -0.3 is 11.1 Å². The fraction of sp³-hybridized carbons (Fsp3) is 0.300. The first-order valence-corrected chi connectivity index (χ1v) is 10.2. The maximum absolute atomic E-state index is 13.9. The van der Waals surface area contributed by atoms with Gasteiger partial charge in [0.25, 0.3) is 5.91 Å². The predicted octanol–water partition coefficient (Wildman–Crippen LogP) is 1.93. The number of amides is 1. The van der Waals surface area contributed by atoms with Crippen LogP contribution in [0, 0.1) is 11.6 Å². The average Bonchev–Trinajstić information content (AvgIpc) is 3.23. The molecule has 9 heteroatoms. The van der Waals surface area contributed by atoms with Crippen LogP contribution in [0.15, 0.2) is 30.5 Å². The Hall–Kier alpha value is -2.52. The highest BCUT2D eigenvalue weighted by atomic mass is 32.1. The van der Waals surface area contributed by atoms with Crippen LogP contribution in [-0.4, -0.2) is 36.1 Å². The Balaban J connectivity index is 1.55. The van der Waals surface area contributed by atoms with Gasteiger partial charge in [-0.15, -0.1) is 11.3 Å². The van der Waals surface area contributed by atoms with E-state index >= 15 is 0 Å². The molecule has 4 rings (SSSR count). The van der Waals surface area contributed by atoms with Crippen LogP contribution in [0.5, 0.6) is 0 Å². The molecule has 1 amide bonds. The third-order valence-electron chi connectivity index (χ3n) is 5.02. The second-order valence-corrected chi connectivity index (χ2v) is 8.21. The normalized spacial score (nSPS) is 14.0. The average molecular weight is 412 g/mol. The Labute approximate surface area is 172 Å². The monoisotopic (exact) mass is 412 g/mol. The molecular weight excluding hydrogens is 393 g/mol. The van der Waals surface area contributed by atoms with Crippen LogP contribution >= 0.6 is 11.3 Å². The highest BCUT2D eigenvalue weighted by molar-refractivity contribution is 7.14. The minimum absolute atomic E-state index is 0.104. The highest BCUT2D eigenvalue weighted by Crippen LogP contribution is 2.34. The third-order valence-corrected chi connectivity index (χ3v) is 6.22. The zero-order valence-electron chi connectivity index (χ0n) is 15.6. The number of aromatic nitrogens is 2. The smallest absolute Gasteiger partial charge is 0.261 e. The molecule has 3 N–H and O–H groups in total. The van der Waals surface area contributed by atoms with Gasteiger partial charge in [-0.1, -0.05) is 5.46 Å². The van der Waals surface area contributed by atoms with E-state index in [0.29, 0.717) is 10.3 Å². The molecular formula is C20H19BF2N4OS. The minimum Gasteiger partial charge on any atom is -0.347 e. The van der Waals surface area contributed by atoms with Crippen molar-refractivity contribution in [3.8, 4) is 11.3 Å². The molecule has 1 aliphatic heterocycles. The van der Waals surface area contributed by atoms with Gasteiger partial charge in [0.1, 0.15) is 19.5 Å². The number of nitrogens with one attached hydrogen (secondary N) is 1. The van der Waals surface area contributed by atoms with E-state index in [4.69, 9.17) is 13.6 Å². The van der Waals surface area contributed by atoms with Gasteiger partial charge in [-0.05, 0) is 49.1 Å². The van der Waals surface area contributed by atoms with Crippen LogP contribution in [0.25, 0.3) is 11.3 Å². The zero-order chi connectivity index (χ0) is 20.5. The van der Waals surface area contributed by atoms with Crippen molar-refractivity contribution in [2.45, 2.75) is 31.8 Å². The van der Waals surface area contributed by atoms with Gasteiger partial charge in [0.05, 0.1) is 10.6 Å². The molecule has 1 aliphatic rings. The van der Waals surface area contributed by atoms with Crippen molar-refractivity contribution in [2.24, 2.45) is 5.73 Å². The van der Waals surface area contributed by atoms with Gasteiger partial charge in [-0.3, -0.25) is 9.48 Å². The number of thiophene rings is 1. The third kappa shape index (κ3) is 3.97. The highest BCUT2D eigenvalue weighted by Gasteiger charge is 2.23. The summed E-state index contributed by atoms with van der Waals surface area (Å²) < 4.78 is 29.2. The molecule has 5 nitrogen and oxygen atoms in total. The Bertz CT molecular complexity index is 1060. The van der Waals surface area contributed by atoms with Gasteiger partial charge >= 0.3 is 0 Å². The van der Waals surface area contributed by atoms with Crippen molar-refractivity contribution in [2.75, 3.05) is 6.54 Å². The largest absolute Gasteiger partial charge is 0.347 e. The van der Waals surface area contributed by atoms with Crippen molar-refractivity contribution in [1.82, 2.24) is 15.1 Å². The molecule has 1 atom stereocenters. The molecule has 0 aliphatic carbocycles. The first-order valence-electron chi connectivity index (χ1n) is 9.35. The number of benzene rings is 1. The van der Waals surface area contributed by atoms with E-state index in [1.807, 2.05) is 10.7 Å². The Morgan fingerprint density at radius 1 is 1.38 bits per heavy atom. The summed E-state index contributed by atoms with van der Waals surface area (Å²) in [4.78, 5) is 14.4. The summed E-state index contributed by atoms with van der Waals surface area (Å²) in [5, 5.41) is 7.15. The van der Waals surface area contributed by atoms with Crippen molar-refractivity contribution < 1.29 is 13.6 Å². The summed E-state index contributed by atoms with van der Waals surface area (Å²) in [7, 11) is 6.08. The molecule has 2 aromatic heterocycles. The number of aryl methyl sites for hydroxylation is 2. The first kappa shape index (κ1) is 19.8. The number of carbonyl (C=O) groups excluding carboxylic acids is 1. The van der Waals surface area contributed by atoms with Gasteiger partial charge in [-0.25, -0.2) is 8.78 Å². The Kier molecular flexibility index (Phi) is 5.51. The lowest BCUT2D eigenvalue weighted by atomic mass is 9.93. The molecule has 0 spiro atoms. The van der Waals surface area contributed by atoms with E-state index in [1.165, 1.54) is 11.3 Å². The summed E-state index contributed by atoms with van der Waals surface area (Å²) in [6.07, 6.45) is 3.48. The van der Waals surface area contributed by atoms with E-state index in [0.717, 1.165) is 53.7 Å². The summed E-state index contributed by atoms with van der Waals surface area (Å²) in [5.74, 6) is -1.34. The number of rotatable bonds is 5. The number of hydrogen-bond donors (Lipinski definition) is 2. The van der Waals surface area contributed by atoms with Crippen LogP contribution in [0.3, 0.4) is 0 Å². The SMILES string of the molecule is [B]c1cnn2c1-c1cc(C(=O)NC(CN)Cc3cc(F)ccc3F)sc1CCC2. The lowest BCUT2D eigenvalue weighted by Crippen LogP contribution is -2.41. The van der Waals surface area contributed by atoms with Crippen molar-refractivity contribution in [1.29, 1.82) is 0 Å². The van der Waals surface area contributed by atoms with Crippen LogP contribution in [0.2, 0.25) is 0 Å².